The van der Waals surface area contributed by atoms with Crippen LogP contribution in [0.25, 0.3) is 0 Å². The molecular formula is C6H25ClO11. The maximum atomic E-state index is 8.96. The summed E-state index contributed by atoms with van der Waals surface area (Å²) >= 11 is 0. The van der Waals surface area contributed by atoms with E-state index in [1.165, 1.54) is 0 Å². The minimum atomic E-state index is -1.67. The largest absolute Gasteiger partial charge is 0.412 e. The fourth-order valence-electron chi connectivity index (χ4n) is 0.671. The molecule has 0 bridgehead atoms. The molecule has 0 heterocycles. The van der Waals surface area contributed by atoms with Crippen molar-refractivity contribution >= 4 is 12.4 Å². The monoisotopic (exact) mass is 308 g/mol. The fraction of sp³-hybridized carbons (Fsp3) is 1.00. The zero-order valence-corrected chi connectivity index (χ0v) is 10.1. The van der Waals surface area contributed by atoms with E-state index in [1.54, 1.807) is 0 Å². The fourth-order valence-corrected chi connectivity index (χ4v) is 0.671. The highest BCUT2D eigenvalue weighted by Crippen LogP contribution is 2.03. The van der Waals surface area contributed by atoms with Crippen LogP contribution in [0.4, 0.5) is 0 Å². The SMILES string of the molecule is Cl.O.O.O.O.O.OC[C@@H](O)[C@@H](O)[C@H](O)[C@H](O)CO. The average Bonchev–Trinajstić information content (AvgIpc) is 2.12. The summed E-state index contributed by atoms with van der Waals surface area (Å²) in [5, 5.41) is 52.2. The van der Waals surface area contributed by atoms with Gasteiger partial charge in [-0.3, -0.25) is 0 Å². The molecule has 0 aromatic carbocycles. The molecule has 4 atom stereocenters. The van der Waals surface area contributed by atoms with Crippen LogP contribution in [-0.4, -0.2) is 95.6 Å². The summed E-state index contributed by atoms with van der Waals surface area (Å²) in [4.78, 5) is 0. The molecule has 12 heteroatoms. The zero-order chi connectivity index (χ0) is 9.72. The topological polar surface area (TPSA) is 279 Å². The summed E-state index contributed by atoms with van der Waals surface area (Å²) in [6.07, 6.45) is -6.39. The highest BCUT2D eigenvalue weighted by molar-refractivity contribution is 5.85. The Morgan fingerprint density at radius 3 is 0.833 bits per heavy atom. The van der Waals surface area contributed by atoms with Gasteiger partial charge in [0.2, 0.25) is 0 Å². The number of aliphatic hydroxyl groups is 6. The number of rotatable bonds is 5. The summed E-state index contributed by atoms with van der Waals surface area (Å²) in [6.45, 7) is -1.45. The van der Waals surface area contributed by atoms with Crippen LogP contribution >= 0.6 is 12.4 Å². The lowest BCUT2D eigenvalue weighted by atomic mass is 10.0. The number of hydrogen-bond donors (Lipinski definition) is 6. The van der Waals surface area contributed by atoms with Crippen molar-refractivity contribution in [2.75, 3.05) is 13.2 Å². The molecule has 0 spiro atoms. The lowest BCUT2D eigenvalue weighted by molar-refractivity contribution is -0.123. The molecular weight excluding hydrogens is 284 g/mol. The van der Waals surface area contributed by atoms with E-state index in [-0.39, 0.29) is 39.8 Å². The molecule has 0 saturated carbocycles. The van der Waals surface area contributed by atoms with E-state index in [9.17, 15) is 0 Å². The van der Waals surface area contributed by atoms with Crippen LogP contribution in [0.5, 0.6) is 0 Å². The molecule has 0 amide bonds. The molecule has 0 fully saturated rings. The highest BCUT2D eigenvalue weighted by Gasteiger charge is 2.29. The first kappa shape index (κ1) is 43.1. The van der Waals surface area contributed by atoms with Crippen molar-refractivity contribution in [1.29, 1.82) is 0 Å². The zero-order valence-electron chi connectivity index (χ0n) is 9.32. The number of halogens is 1. The van der Waals surface area contributed by atoms with Gasteiger partial charge in [-0.25, -0.2) is 0 Å². The molecule has 0 unspecified atom stereocenters. The van der Waals surface area contributed by atoms with E-state index in [0.717, 1.165) is 0 Å². The van der Waals surface area contributed by atoms with Crippen LogP contribution < -0.4 is 0 Å². The predicted molar refractivity (Wildman–Crippen MR) is 63.5 cm³/mol. The first-order valence-electron chi connectivity index (χ1n) is 3.48. The minimum absolute atomic E-state index is 0. The van der Waals surface area contributed by atoms with Crippen LogP contribution in [0.15, 0.2) is 0 Å². The second kappa shape index (κ2) is 22.1. The molecule has 0 aromatic heterocycles. The van der Waals surface area contributed by atoms with Gasteiger partial charge in [0, 0.05) is 0 Å². The van der Waals surface area contributed by atoms with Gasteiger partial charge in [-0.15, -0.1) is 12.4 Å². The van der Waals surface area contributed by atoms with Crippen LogP contribution in [0, 0.1) is 0 Å². The van der Waals surface area contributed by atoms with Crippen molar-refractivity contribution < 1.29 is 58.0 Å². The van der Waals surface area contributed by atoms with Crippen molar-refractivity contribution in [2.45, 2.75) is 24.4 Å². The quantitative estimate of drug-likeness (QED) is 0.286. The Morgan fingerprint density at radius 2 is 0.722 bits per heavy atom. The average molecular weight is 309 g/mol. The Labute approximate surface area is 109 Å². The van der Waals surface area contributed by atoms with Crippen molar-refractivity contribution in [1.82, 2.24) is 0 Å². The van der Waals surface area contributed by atoms with Crippen molar-refractivity contribution in [2.24, 2.45) is 0 Å². The van der Waals surface area contributed by atoms with E-state index in [0.29, 0.717) is 0 Å². The second-order valence-electron chi connectivity index (χ2n) is 2.48. The molecule has 122 valence electrons. The van der Waals surface area contributed by atoms with E-state index in [4.69, 9.17) is 30.6 Å². The molecule has 0 rings (SSSR count). The minimum Gasteiger partial charge on any atom is -0.412 e. The summed E-state index contributed by atoms with van der Waals surface area (Å²) in [7, 11) is 0. The summed E-state index contributed by atoms with van der Waals surface area (Å²) in [5.41, 5.74) is 0. The van der Waals surface area contributed by atoms with Crippen LogP contribution in [-0.2, 0) is 0 Å². The van der Waals surface area contributed by atoms with Gasteiger partial charge in [0.15, 0.2) is 0 Å². The Bertz CT molecular complexity index is 114. The van der Waals surface area contributed by atoms with Gasteiger partial charge >= 0.3 is 0 Å². The Hall–Kier alpha value is -0.150. The third kappa shape index (κ3) is 13.9. The third-order valence-corrected chi connectivity index (χ3v) is 1.51. The predicted octanol–water partition coefficient (Wildman–Crippen LogP) is -7.29. The van der Waals surface area contributed by atoms with Gasteiger partial charge in [-0.05, 0) is 0 Å². The Kier molecular flexibility index (Phi) is 52.8. The van der Waals surface area contributed by atoms with Crippen molar-refractivity contribution in [3.63, 3.8) is 0 Å². The summed E-state index contributed by atoms with van der Waals surface area (Å²) in [6, 6.07) is 0. The smallest absolute Gasteiger partial charge is 0.111 e. The summed E-state index contributed by atoms with van der Waals surface area (Å²) < 4.78 is 0. The lowest BCUT2D eigenvalue weighted by Crippen LogP contribution is -2.46. The van der Waals surface area contributed by atoms with Gasteiger partial charge in [0.25, 0.3) is 0 Å². The van der Waals surface area contributed by atoms with Crippen LogP contribution in [0.1, 0.15) is 0 Å². The first-order valence-corrected chi connectivity index (χ1v) is 3.48. The number of aliphatic hydroxyl groups excluding tert-OH is 6. The molecule has 18 heavy (non-hydrogen) atoms. The van der Waals surface area contributed by atoms with Gasteiger partial charge in [-0.2, -0.15) is 0 Å². The van der Waals surface area contributed by atoms with E-state index >= 15 is 0 Å². The number of hydrogen-bond acceptors (Lipinski definition) is 6. The van der Waals surface area contributed by atoms with Gasteiger partial charge in [0.1, 0.15) is 24.4 Å². The molecule has 0 aliphatic heterocycles. The first-order chi connectivity index (χ1) is 5.54. The highest BCUT2D eigenvalue weighted by atomic mass is 35.5. The maximum Gasteiger partial charge on any atom is 0.111 e. The molecule has 0 aromatic rings. The van der Waals surface area contributed by atoms with E-state index in [1.807, 2.05) is 0 Å². The molecule has 0 saturated heterocycles. The van der Waals surface area contributed by atoms with Gasteiger partial charge < -0.3 is 58.0 Å². The van der Waals surface area contributed by atoms with Crippen molar-refractivity contribution in [3.05, 3.63) is 0 Å². The summed E-state index contributed by atoms with van der Waals surface area (Å²) in [5.74, 6) is 0. The normalized spacial score (nSPS) is 14.3. The second-order valence-corrected chi connectivity index (χ2v) is 2.48. The third-order valence-electron chi connectivity index (χ3n) is 1.51. The van der Waals surface area contributed by atoms with Gasteiger partial charge in [0.05, 0.1) is 13.2 Å². The Balaban J connectivity index is -0.0000000403. The van der Waals surface area contributed by atoms with Crippen LogP contribution in [0.2, 0.25) is 0 Å². The van der Waals surface area contributed by atoms with E-state index in [2.05, 4.69) is 0 Å². The van der Waals surface area contributed by atoms with Crippen LogP contribution in [0.3, 0.4) is 0 Å². The van der Waals surface area contributed by atoms with E-state index < -0.39 is 37.6 Å². The van der Waals surface area contributed by atoms with Crippen molar-refractivity contribution in [3.8, 4) is 0 Å². The molecule has 0 aliphatic carbocycles. The maximum absolute atomic E-state index is 8.96. The van der Waals surface area contributed by atoms with Gasteiger partial charge in [-0.1, -0.05) is 0 Å². The molecule has 16 N–H and O–H groups in total. The Morgan fingerprint density at radius 1 is 0.556 bits per heavy atom. The lowest BCUT2D eigenvalue weighted by Gasteiger charge is -2.24. The molecule has 0 aliphatic rings. The standard InChI is InChI=1S/C6H14O6.ClH.5H2O/c7-1-3(9)5(11)6(12)4(10)2-8;;;;;;/h3-12H,1-2H2;1H;5*1H2/t3-,4-,5-,6-;;;;;;/m1....../s1. The molecule has 11 nitrogen and oxygen atoms in total. The molecule has 0 radical (unpaired) electrons.